The lowest BCUT2D eigenvalue weighted by Gasteiger charge is -2.11. The summed E-state index contributed by atoms with van der Waals surface area (Å²) in [6, 6.07) is 0. The Balaban J connectivity index is 2.95. The van der Waals surface area contributed by atoms with Gasteiger partial charge in [-0.25, -0.2) is 0 Å². The molecule has 0 amide bonds. The monoisotopic (exact) mass is 179 g/mol. The molecule has 2 heteroatoms. The molecule has 0 aliphatic carbocycles. The van der Waals surface area contributed by atoms with Crippen LogP contribution >= 0.6 is 0 Å². The average Bonchev–Trinajstić information content (AvgIpc) is 2.41. The second-order valence-corrected chi connectivity index (χ2v) is 3.05. The Morgan fingerprint density at radius 1 is 1.62 bits per heavy atom. The molecule has 1 heterocycles. The minimum atomic E-state index is 0.783. The minimum absolute atomic E-state index is 0.783. The predicted octanol–water partition coefficient (Wildman–Crippen LogP) is 2.36. The fraction of sp³-hybridized carbons (Fsp3) is 0.455. The summed E-state index contributed by atoms with van der Waals surface area (Å²) < 4.78 is 5.64. The molecule has 0 aromatic carbocycles. The maximum absolute atomic E-state index is 5.64. The fourth-order valence-electron chi connectivity index (χ4n) is 1.28. The Morgan fingerprint density at radius 3 is 3.00 bits per heavy atom. The Kier molecular flexibility index (Phi) is 3.62. The van der Waals surface area contributed by atoms with E-state index in [1.54, 1.807) is 0 Å². The molecular formula is C11H17NO. The van der Waals surface area contributed by atoms with Crippen molar-refractivity contribution in [3.63, 3.8) is 0 Å². The van der Waals surface area contributed by atoms with E-state index in [1.807, 2.05) is 26.0 Å². The van der Waals surface area contributed by atoms with Gasteiger partial charge >= 0.3 is 0 Å². The second kappa shape index (κ2) is 4.75. The topological polar surface area (TPSA) is 21.3 Å². The number of ether oxygens (including phenoxy) is 1. The molecule has 1 N–H and O–H groups in total. The second-order valence-electron chi connectivity index (χ2n) is 3.05. The summed E-state index contributed by atoms with van der Waals surface area (Å²) in [5, 5.41) is 3.33. The molecule has 1 aliphatic rings. The molecule has 2 nitrogen and oxygen atoms in total. The predicted molar refractivity (Wildman–Crippen MR) is 55.2 cm³/mol. The zero-order valence-corrected chi connectivity index (χ0v) is 8.39. The van der Waals surface area contributed by atoms with Gasteiger partial charge in [-0.05, 0) is 25.8 Å². The third kappa shape index (κ3) is 2.38. The normalized spacial score (nSPS) is 24.3. The first-order valence-electron chi connectivity index (χ1n) is 4.66. The first-order valence-corrected chi connectivity index (χ1v) is 4.66. The van der Waals surface area contributed by atoms with Gasteiger partial charge in [-0.2, -0.15) is 0 Å². The van der Waals surface area contributed by atoms with Crippen LogP contribution in [0.4, 0.5) is 0 Å². The van der Waals surface area contributed by atoms with E-state index < -0.39 is 0 Å². The molecule has 1 rings (SSSR count). The molecule has 1 aliphatic heterocycles. The van der Waals surface area contributed by atoms with Crippen LogP contribution in [0.1, 0.15) is 20.3 Å². The lowest BCUT2D eigenvalue weighted by molar-refractivity contribution is 0.224. The SMILES string of the molecule is C=C/C(C)=C1/OCCCN/C1=C/C. The van der Waals surface area contributed by atoms with Crippen LogP contribution in [0.3, 0.4) is 0 Å². The van der Waals surface area contributed by atoms with Crippen molar-refractivity contribution in [3.05, 3.63) is 35.8 Å². The molecule has 0 aromatic rings. The summed E-state index contributed by atoms with van der Waals surface area (Å²) in [5.41, 5.74) is 2.16. The Labute approximate surface area is 80.0 Å². The lowest BCUT2D eigenvalue weighted by Crippen LogP contribution is -2.13. The fourth-order valence-corrected chi connectivity index (χ4v) is 1.28. The number of rotatable bonds is 1. The van der Waals surface area contributed by atoms with E-state index in [-0.39, 0.29) is 0 Å². The van der Waals surface area contributed by atoms with Gasteiger partial charge in [-0.15, -0.1) is 0 Å². The zero-order valence-electron chi connectivity index (χ0n) is 8.39. The molecule has 0 saturated carbocycles. The first kappa shape index (κ1) is 9.90. The van der Waals surface area contributed by atoms with Crippen molar-refractivity contribution in [3.8, 4) is 0 Å². The van der Waals surface area contributed by atoms with Crippen molar-refractivity contribution in [1.82, 2.24) is 5.32 Å². The molecule has 0 aromatic heterocycles. The van der Waals surface area contributed by atoms with Crippen LogP contribution in [0.5, 0.6) is 0 Å². The maximum atomic E-state index is 5.64. The Morgan fingerprint density at radius 2 is 2.38 bits per heavy atom. The van der Waals surface area contributed by atoms with Crippen LogP contribution in [0.2, 0.25) is 0 Å². The molecule has 0 radical (unpaired) electrons. The summed E-state index contributed by atoms with van der Waals surface area (Å²) in [6.45, 7) is 9.52. The highest BCUT2D eigenvalue weighted by atomic mass is 16.5. The van der Waals surface area contributed by atoms with Crippen LogP contribution in [-0.4, -0.2) is 13.2 Å². The van der Waals surface area contributed by atoms with Gasteiger partial charge in [0.25, 0.3) is 0 Å². The van der Waals surface area contributed by atoms with Crippen LogP contribution in [-0.2, 0) is 4.74 Å². The van der Waals surface area contributed by atoms with Crippen LogP contribution in [0, 0.1) is 0 Å². The number of nitrogens with one attached hydrogen (secondary N) is 1. The molecule has 72 valence electrons. The molecule has 0 atom stereocenters. The largest absolute Gasteiger partial charge is 0.491 e. The van der Waals surface area contributed by atoms with Crippen molar-refractivity contribution >= 4 is 0 Å². The zero-order chi connectivity index (χ0) is 9.68. The molecule has 0 spiro atoms. The first-order chi connectivity index (χ1) is 6.29. The molecule has 0 bridgehead atoms. The van der Waals surface area contributed by atoms with E-state index in [2.05, 4.69) is 11.9 Å². The number of hydrogen-bond acceptors (Lipinski definition) is 2. The highest BCUT2D eigenvalue weighted by Gasteiger charge is 2.11. The smallest absolute Gasteiger partial charge is 0.144 e. The van der Waals surface area contributed by atoms with E-state index in [0.717, 1.165) is 36.6 Å². The number of allylic oxidation sites excluding steroid dienone is 3. The molecule has 1 saturated heterocycles. The third-order valence-corrected chi connectivity index (χ3v) is 2.08. The van der Waals surface area contributed by atoms with Gasteiger partial charge in [0, 0.05) is 6.54 Å². The van der Waals surface area contributed by atoms with Crippen molar-refractivity contribution in [2.75, 3.05) is 13.2 Å². The van der Waals surface area contributed by atoms with Crippen molar-refractivity contribution < 1.29 is 4.74 Å². The molecule has 13 heavy (non-hydrogen) atoms. The Bertz CT molecular complexity index is 251. The van der Waals surface area contributed by atoms with Crippen LogP contribution in [0.25, 0.3) is 0 Å². The molecule has 0 unspecified atom stereocenters. The lowest BCUT2D eigenvalue weighted by atomic mass is 10.2. The number of hydrogen-bond donors (Lipinski definition) is 1. The van der Waals surface area contributed by atoms with Gasteiger partial charge in [-0.3, -0.25) is 0 Å². The summed E-state index contributed by atoms with van der Waals surface area (Å²) >= 11 is 0. The van der Waals surface area contributed by atoms with E-state index in [4.69, 9.17) is 4.74 Å². The van der Waals surface area contributed by atoms with E-state index in [0.29, 0.717) is 0 Å². The van der Waals surface area contributed by atoms with Crippen molar-refractivity contribution in [2.45, 2.75) is 20.3 Å². The van der Waals surface area contributed by atoms with Crippen LogP contribution in [0.15, 0.2) is 35.8 Å². The standard InChI is InChI=1S/C11H17NO/c1-4-9(3)11-10(5-2)12-7-6-8-13-11/h4-5,12H,1,6-8H2,2-3H3/b10-5+,11-9+. The summed E-state index contributed by atoms with van der Waals surface area (Å²) in [6.07, 6.45) is 4.91. The van der Waals surface area contributed by atoms with Gasteiger partial charge in [0.1, 0.15) is 5.76 Å². The van der Waals surface area contributed by atoms with Crippen LogP contribution < -0.4 is 5.32 Å². The highest BCUT2D eigenvalue weighted by molar-refractivity contribution is 5.33. The molecular weight excluding hydrogens is 162 g/mol. The van der Waals surface area contributed by atoms with Gasteiger partial charge in [0.15, 0.2) is 0 Å². The quantitative estimate of drug-likeness (QED) is 0.667. The minimum Gasteiger partial charge on any atom is -0.491 e. The van der Waals surface area contributed by atoms with Crippen molar-refractivity contribution in [1.29, 1.82) is 0 Å². The summed E-state index contributed by atoms with van der Waals surface area (Å²) in [4.78, 5) is 0. The molecule has 1 fully saturated rings. The maximum Gasteiger partial charge on any atom is 0.144 e. The van der Waals surface area contributed by atoms with Gasteiger partial charge < -0.3 is 10.1 Å². The van der Waals surface area contributed by atoms with E-state index in [9.17, 15) is 0 Å². The summed E-state index contributed by atoms with van der Waals surface area (Å²) in [5.74, 6) is 0.940. The van der Waals surface area contributed by atoms with Gasteiger partial charge in [-0.1, -0.05) is 18.7 Å². The summed E-state index contributed by atoms with van der Waals surface area (Å²) in [7, 11) is 0. The van der Waals surface area contributed by atoms with E-state index in [1.165, 1.54) is 0 Å². The van der Waals surface area contributed by atoms with Gasteiger partial charge in [0.05, 0.1) is 12.3 Å². The Hall–Kier alpha value is -1.18. The van der Waals surface area contributed by atoms with Gasteiger partial charge in [0.2, 0.25) is 0 Å². The van der Waals surface area contributed by atoms with Crippen molar-refractivity contribution in [2.24, 2.45) is 0 Å². The average molecular weight is 179 g/mol. The van der Waals surface area contributed by atoms with E-state index >= 15 is 0 Å². The third-order valence-electron chi connectivity index (χ3n) is 2.08. The highest BCUT2D eigenvalue weighted by Crippen LogP contribution is 2.17.